The van der Waals surface area contributed by atoms with Crippen LogP contribution >= 0.6 is 0 Å². The standard InChI is InChI=1S/C15H23N5O2/c1-11-6-14(18-10-17-11)19-12-2-4-20(5-3-12)8-13-7-16-15(21)9-22-13/h6,10,12-13H,2-5,7-9H2,1H3,(H,16,21)(H,17,18,19). The Balaban J connectivity index is 1.41. The van der Waals surface area contributed by atoms with E-state index in [0.29, 0.717) is 12.6 Å². The fraction of sp³-hybridized carbons (Fsp3) is 0.667. The van der Waals surface area contributed by atoms with Gasteiger partial charge in [0.1, 0.15) is 18.8 Å². The number of rotatable bonds is 4. The molecule has 2 aliphatic rings. The third-order valence-corrected chi connectivity index (χ3v) is 4.18. The number of carbonyl (C=O) groups is 1. The van der Waals surface area contributed by atoms with Crippen molar-refractivity contribution in [2.45, 2.75) is 31.9 Å². The zero-order valence-electron chi connectivity index (χ0n) is 12.9. The Labute approximate surface area is 130 Å². The normalized spacial score (nSPS) is 24.0. The highest BCUT2D eigenvalue weighted by Crippen LogP contribution is 2.16. The zero-order chi connectivity index (χ0) is 15.4. The van der Waals surface area contributed by atoms with Crippen molar-refractivity contribution in [3.05, 3.63) is 18.1 Å². The van der Waals surface area contributed by atoms with Crippen LogP contribution in [-0.2, 0) is 9.53 Å². The van der Waals surface area contributed by atoms with Crippen molar-refractivity contribution in [2.75, 3.05) is 38.1 Å². The molecule has 7 nitrogen and oxygen atoms in total. The van der Waals surface area contributed by atoms with E-state index < -0.39 is 0 Å². The number of amides is 1. The second-order valence-corrected chi connectivity index (χ2v) is 6.00. The van der Waals surface area contributed by atoms with Crippen molar-refractivity contribution >= 4 is 11.7 Å². The van der Waals surface area contributed by atoms with Gasteiger partial charge in [0, 0.05) is 44.0 Å². The predicted molar refractivity (Wildman–Crippen MR) is 82.6 cm³/mol. The SMILES string of the molecule is Cc1cc(NC2CCN(CC3CNC(=O)CO3)CC2)ncn1. The first-order valence-electron chi connectivity index (χ1n) is 7.85. The number of carbonyl (C=O) groups excluding carboxylic acids is 1. The molecule has 2 aliphatic heterocycles. The number of likely N-dealkylation sites (tertiary alicyclic amines) is 1. The second kappa shape index (κ2) is 7.02. The molecule has 22 heavy (non-hydrogen) atoms. The Morgan fingerprint density at radius 2 is 2.23 bits per heavy atom. The highest BCUT2D eigenvalue weighted by Gasteiger charge is 2.24. The molecule has 2 fully saturated rings. The molecule has 1 amide bonds. The Morgan fingerprint density at radius 1 is 1.41 bits per heavy atom. The number of nitrogens with zero attached hydrogens (tertiary/aromatic N) is 3. The third-order valence-electron chi connectivity index (χ3n) is 4.18. The number of piperidine rings is 1. The average Bonchev–Trinajstić information content (AvgIpc) is 2.52. The number of aryl methyl sites for hydroxylation is 1. The van der Waals surface area contributed by atoms with Gasteiger partial charge in [0.25, 0.3) is 0 Å². The molecule has 3 rings (SSSR count). The summed E-state index contributed by atoms with van der Waals surface area (Å²) in [7, 11) is 0. The first-order valence-corrected chi connectivity index (χ1v) is 7.85. The summed E-state index contributed by atoms with van der Waals surface area (Å²) in [6.07, 6.45) is 3.89. The van der Waals surface area contributed by atoms with Crippen molar-refractivity contribution in [2.24, 2.45) is 0 Å². The highest BCUT2D eigenvalue weighted by atomic mass is 16.5. The van der Waals surface area contributed by atoms with Crippen LogP contribution in [0.15, 0.2) is 12.4 Å². The Kier molecular flexibility index (Phi) is 4.84. The molecular formula is C15H23N5O2. The number of nitrogens with one attached hydrogen (secondary N) is 2. The lowest BCUT2D eigenvalue weighted by molar-refractivity contribution is -0.133. The van der Waals surface area contributed by atoms with Gasteiger partial charge < -0.3 is 20.3 Å². The minimum atomic E-state index is -0.0145. The Bertz CT molecular complexity index is 506. The maximum Gasteiger partial charge on any atom is 0.246 e. The lowest BCUT2D eigenvalue weighted by Gasteiger charge is -2.35. The summed E-state index contributed by atoms with van der Waals surface area (Å²) in [6.45, 7) is 5.75. The maximum absolute atomic E-state index is 11.1. The molecule has 0 spiro atoms. The summed E-state index contributed by atoms with van der Waals surface area (Å²) in [6, 6.07) is 2.43. The van der Waals surface area contributed by atoms with E-state index in [1.165, 1.54) is 0 Å². The molecule has 1 aromatic rings. The lowest BCUT2D eigenvalue weighted by atomic mass is 10.0. The molecule has 2 saturated heterocycles. The summed E-state index contributed by atoms with van der Waals surface area (Å²) in [5, 5.41) is 6.34. The second-order valence-electron chi connectivity index (χ2n) is 6.00. The average molecular weight is 305 g/mol. The van der Waals surface area contributed by atoms with Crippen molar-refractivity contribution in [3.63, 3.8) is 0 Å². The van der Waals surface area contributed by atoms with E-state index in [2.05, 4.69) is 25.5 Å². The quantitative estimate of drug-likeness (QED) is 0.826. The Morgan fingerprint density at radius 3 is 2.91 bits per heavy atom. The van der Waals surface area contributed by atoms with Gasteiger partial charge in [0.05, 0.1) is 6.10 Å². The van der Waals surface area contributed by atoms with Crippen LogP contribution in [0, 0.1) is 6.92 Å². The molecule has 0 aliphatic carbocycles. The van der Waals surface area contributed by atoms with E-state index >= 15 is 0 Å². The number of aromatic nitrogens is 2. The van der Waals surface area contributed by atoms with Crippen LogP contribution in [0.1, 0.15) is 18.5 Å². The van der Waals surface area contributed by atoms with Crippen molar-refractivity contribution in [1.82, 2.24) is 20.2 Å². The van der Waals surface area contributed by atoms with Crippen LogP contribution < -0.4 is 10.6 Å². The van der Waals surface area contributed by atoms with Crippen LogP contribution in [0.2, 0.25) is 0 Å². The highest BCUT2D eigenvalue weighted by molar-refractivity contribution is 5.77. The monoisotopic (exact) mass is 305 g/mol. The topological polar surface area (TPSA) is 79.4 Å². The van der Waals surface area contributed by atoms with E-state index in [1.807, 2.05) is 13.0 Å². The fourth-order valence-electron chi connectivity index (χ4n) is 2.94. The smallest absolute Gasteiger partial charge is 0.246 e. The van der Waals surface area contributed by atoms with Crippen molar-refractivity contribution < 1.29 is 9.53 Å². The zero-order valence-corrected chi connectivity index (χ0v) is 12.9. The van der Waals surface area contributed by atoms with Gasteiger partial charge in [-0.3, -0.25) is 4.79 Å². The van der Waals surface area contributed by atoms with Gasteiger partial charge in [-0.15, -0.1) is 0 Å². The van der Waals surface area contributed by atoms with E-state index in [9.17, 15) is 4.79 Å². The number of ether oxygens (including phenoxy) is 1. The largest absolute Gasteiger partial charge is 0.367 e. The van der Waals surface area contributed by atoms with Crippen LogP contribution in [0.4, 0.5) is 5.82 Å². The van der Waals surface area contributed by atoms with E-state index in [1.54, 1.807) is 6.33 Å². The minimum absolute atomic E-state index is 0.0145. The third kappa shape index (κ3) is 4.14. The van der Waals surface area contributed by atoms with Gasteiger partial charge in [-0.2, -0.15) is 0 Å². The van der Waals surface area contributed by atoms with E-state index in [-0.39, 0.29) is 18.6 Å². The van der Waals surface area contributed by atoms with Crippen molar-refractivity contribution in [3.8, 4) is 0 Å². The van der Waals surface area contributed by atoms with Gasteiger partial charge in [0.2, 0.25) is 5.91 Å². The van der Waals surface area contributed by atoms with Crippen molar-refractivity contribution in [1.29, 1.82) is 0 Å². The van der Waals surface area contributed by atoms with Crippen LogP contribution in [0.25, 0.3) is 0 Å². The molecule has 0 radical (unpaired) electrons. The van der Waals surface area contributed by atoms with Gasteiger partial charge in [-0.05, 0) is 19.8 Å². The van der Waals surface area contributed by atoms with Crippen LogP contribution in [0.5, 0.6) is 0 Å². The molecule has 2 N–H and O–H groups in total. The fourth-order valence-corrected chi connectivity index (χ4v) is 2.94. The molecule has 3 heterocycles. The Hall–Kier alpha value is -1.73. The van der Waals surface area contributed by atoms with Gasteiger partial charge >= 0.3 is 0 Å². The molecule has 7 heteroatoms. The summed E-state index contributed by atoms with van der Waals surface area (Å²) < 4.78 is 5.54. The summed E-state index contributed by atoms with van der Waals surface area (Å²) in [4.78, 5) is 21.9. The minimum Gasteiger partial charge on any atom is -0.367 e. The molecule has 1 atom stereocenters. The molecular weight excluding hydrogens is 282 g/mol. The molecule has 1 unspecified atom stereocenters. The summed E-state index contributed by atoms with van der Waals surface area (Å²) in [5.41, 5.74) is 0.978. The molecule has 1 aromatic heterocycles. The van der Waals surface area contributed by atoms with E-state index in [4.69, 9.17) is 4.74 Å². The number of morpholine rings is 1. The first kappa shape index (κ1) is 15.2. The first-order chi connectivity index (χ1) is 10.7. The molecule has 120 valence electrons. The number of hydrogen-bond acceptors (Lipinski definition) is 6. The summed E-state index contributed by atoms with van der Waals surface area (Å²) >= 11 is 0. The van der Waals surface area contributed by atoms with E-state index in [0.717, 1.165) is 44.0 Å². The summed E-state index contributed by atoms with van der Waals surface area (Å²) in [5.74, 6) is 0.892. The molecule has 0 aromatic carbocycles. The number of hydrogen-bond donors (Lipinski definition) is 2. The lowest BCUT2D eigenvalue weighted by Crippen LogP contribution is -2.50. The molecule has 0 saturated carbocycles. The van der Waals surface area contributed by atoms with Crippen LogP contribution in [-0.4, -0.2) is 65.7 Å². The molecule has 0 bridgehead atoms. The van der Waals surface area contributed by atoms with Gasteiger partial charge in [-0.25, -0.2) is 9.97 Å². The number of anilines is 1. The maximum atomic E-state index is 11.1. The van der Waals surface area contributed by atoms with Gasteiger partial charge in [0.15, 0.2) is 0 Å². The predicted octanol–water partition coefficient (Wildman–Crippen LogP) is 0.176. The van der Waals surface area contributed by atoms with Crippen LogP contribution in [0.3, 0.4) is 0 Å². The van der Waals surface area contributed by atoms with Gasteiger partial charge in [-0.1, -0.05) is 0 Å².